The summed E-state index contributed by atoms with van der Waals surface area (Å²) in [6, 6.07) is 15.8. The van der Waals surface area contributed by atoms with Gasteiger partial charge >= 0.3 is 0 Å². The zero-order valence-electron chi connectivity index (χ0n) is 18.3. The average Bonchev–Trinajstić information content (AvgIpc) is 3.12. The Morgan fingerprint density at radius 3 is 2.62 bits per heavy atom. The van der Waals surface area contributed by atoms with Crippen LogP contribution >= 0.6 is 0 Å². The minimum Gasteiger partial charge on any atom is -0.375 e. The highest BCUT2D eigenvalue weighted by molar-refractivity contribution is 6.13. The topological polar surface area (TPSA) is 88.5 Å². The van der Waals surface area contributed by atoms with E-state index in [4.69, 9.17) is 4.74 Å². The Hall–Kier alpha value is -3.58. The number of amides is 1. The molecule has 2 heterocycles. The van der Waals surface area contributed by atoms with E-state index in [1.165, 1.54) is 0 Å². The van der Waals surface area contributed by atoms with Crippen LogP contribution in [0.25, 0.3) is 17.1 Å². The molecule has 0 spiro atoms. The lowest BCUT2D eigenvalue weighted by atomic mass is 10.0. The van der Waals surface area contributed by atoms with Crippen molar-refractivity contribution in [1.29, 1.82) is 0 Å². The lowest BCUT2D eigenvalue weighted by Crippen LogP contribution is -2.45. The number of benzene rings is 2. The smallest absolute Gasteiger partial charge is 0.276 e. The number of guanidine groups is 1. The van der Waals surface area contributed by atoms with Gasteiger partial charge in [0.15, 0.2) is 0 Å². The Balaban J connectivity index is 1.43. The highest BCUT2D eigenvalue weighted by Crippen LogP contribution is 2.16. The van der Waals surface area contributed by atoms with Gasteiger partial charge in [-0.15, -0.1) is 0 Å². The molecule has 1 aliphatic rings. The molecule has 0 aliphatic carbocycles. The normalized spacial score (nSPS) is 15.8. The minimum atomic E-state index is -0.236. The molecular formula is C25H27N5O2. The third kappa shape index (κ3) is 5.76. The maximum Gasteiger partial charge on any atom is 0.276 e. The van der Waals surface area contributed by atoms with Gasteiger partial charge in [-0.1, -0.05) is 50.2 Å². The molecular weight excluding hydrogens is 402 g/mol. The summed E-state index contributed by atoms with van der Waals surface area (Å²) in [5.74, 6) is 0.690. The Labute approximate surface area is 187 Å². The molecule has 1 amide bonds. The number of hydrogen-bond acceptors (Lipinski definition) is 6. The maximum atomic E-state index is 12.5. The third-order valence-corrected chi connectivity index (χ3v) is 5.02. The van der Waals surface area contributed by atoms with E-state index in [2.05, 4.69) is 39.4 Å². The van der Waals surface area contributed by atoms with Crippen molar-refractivity contribution >= 4 is 29.0 Å². The number of rotatable bonds is 8. The predicted octanol–water partition coefficient (Wildman–Crippen LogP) is 3.68. The molecule has 7 nitrogen and oxygen atoms in total. The van der Waals surface area contributed by atoms with Gasteiger partial charge in [0.1, 0.15) is 5.70 Å². The van der Waals surface area contributed by atoms with Gasteiger partial charge in [-0.25, -0.2) is 4.99 Å². The van der Waals surface area contributed by atoms with E-state index in [1.807, 2.05) is 48.5 Å². The van der Waals surface area contributed by atoms with Gasteiger partial charge in [0.2, 0.25) is 5.96 Å². The van der Waals surface area contributed by atoms with Crippen LogP contribution in [0, 0.1) is 5.92 Å². The van der Waals surface area contributed by atoms with Crippen LogP contribution in [-0.4, -0.2) is 34.5 Å². The second kappa shape index (κ2) is 10.2. The van der Waals surface area contributed by atoms with Crippen LogP contribution in [0.1, 0.15) is 31.4 Å². The first-order valence-corrected chi connectivity index (χ1v) is 10.8. The van der Waals surface area contributed by atoms with Gasteiger partial charge in [0.05, 0.1) is 30.3 Å². The van der Waals surface area contributed by atoms with Gasteiger partial charge in [-0.2, -0.15) is 0 Å². The molecule has 2 N–H and O–H groups in total. The van der Waals surface area contributed by atoms with Gasteiger partial charge in [0.25, 0.3) is 5.91 Å². The van der Waals surface area contributed by atoms with Crippen molar-refractivity contribution in [1.82, 2.24) is 20.6 Å². The summed E-state index contributed by atoms with van der Waals surface area (Å²) >= 11 is 0. The minimum absolute atomic E-state index is 0.0352. The molecule has 2 aromatic carbocycles. The highest BCUT2D eigenvalue weighted by atomic mass is 16.5. The predicted molar refractivity (Wildman–Crippen MR) is 126 cm³/mol. The Morgan fingerprint density at radius 1 is 1.06 bits per heavy atom. The van der Waals surface area contributed by atoms with E-state index in [9.17, 15) is 4.79 Å². The molecule has 164 valence electrons. The maximum absolute atomic E-state index is 12.5. The van der Waals surface area contributed by atoms with Crippen molar-refractivity contribution in [3.8, 4) is 0 Å². The van der Waals surface area contributed by atoms with Crippen molar-refractivity contribution in [3.05, 3.63) is 77.7 Å². The molecule has 0 saturated heterocycles. The number of aromatic nitrogens is 2. The van der Waals surface area contributed by atoms with Crippen molar-refractivity contribution in [3.63, 3.8) is 0 Å². The molecule has 0 fully saturated rings. The molecule has 0 bridgehead atoms. The van der Waals surface area contributed by atoms with E-state index in [0.29, 0.717) is 30.8 Å². The summed E-state index contributed by atoms with van der Waals surface area (Å²) in [4.78, 5) is 25.5. The summed E-state index contributed by atoms with van der Waals surface area (Å²) in [6.07, 6.45) is 5.95. The largest absolute Gasteiger partial charge is 0.375 e. The van der Waals surface area contributed by atoms with Gasteiger partial charge < -0.3 is 10.1 Å². The molecule has 1 aliphatic heterocycles. The number of nitrogens with one attached hydrogen (secondary N) is 2. The standard InChI is InChI=1S/C25H27N5O2/c1-17(2)12-20(16-32-15-18-6-4-3-5-7-18)28-25-29-23(24(31)30-25)14-19-8-9-21-22(13-19)27-11-10-26-21/h3-11,13-14,17,20H,12,15-16H2,1-2H3,(H2,28,29,30,31)/b23-14-/t20-/m1/s1. The highest BCUT2D eigenvalue weighted by Gasteiger charge is 2.23. The van der Waals surface area contributed by atoms with Crippen molar-refractivity contribution in [2.24, 2.45) is 10.9 Å². The monoisotopic (exact) mass is 429 g/mol. The first kappa shape index (κ1) is 21.6. The molecule has 4 rings (SSSR count). The Morgan fingerprint density at radius 2 is 1.84 bits per heavy atom. The number of carbonyl (C=O) groups excluding carboxylic acids is 1. The quantitative estimate of drug-likeness (QED) is 0.534. The zero-order chi connectivity index (χ0) is 22.3. The summed E-state index contributed by atoms with van der Waals surface area (Å²) in [6.45, 7) is 5.39. The molecule has 7 heteroatoms. The van der Waals surface area contributed by atoms with Gasteiger partial charge in [0, 0.05) is 12.4 Å². The van der Waals surface area contributed by atoms with E-state index >= 15 is 0 Å². The average molecular weight is 430 g/mol. The molecule has 0 radical (unpaired) electrons. The summed E-state index contributed by atoms with van der Waals surface area (Å²) < 4.78 is 5.93. The fourth-order valence-electron chi connectivity index (χ4n) is 3.59. The number of aliphatic imine (C=N–C) groups is 1. The lowest BCUT2D eigenvalue weighted by Gasteiger charge is -2.21. The van der Waals surface area contributed by atoms with Gasteiger partial charge in [-0.3, -0.25) is 20.1 Å². The number of hydrogen-bond donors (Lipinski definition) is 2. The summed E-state index contributed by atoms with van der Waals surface area (Å²) in [5.41, 5.74) is 3.91. The number of carbonyl (C=O) groups is 1. The molecule has 3 aromatic rings. The lowest BCUT2D eigenvalue weighted by molar-refractivity contribution is -0.115. The van der Waals surface area contributed by atoms with E-state index in [-0.39, 0.29) is 11.9 Å². The zero-order valence-corrected chi connectivity index (χ0v) is 18.3. The number of nitrogens with zero attached hydrogens (tertiary/aromatic N) is 3. The first-order valence-electron chi connectivity index (χ1n) is 10.8. The fraction of sp³-hybridized carbons (Fsp3) is 0.280. The fourth-order valence-corrected chi connectivity index (χ4v) is 3.59. The second-order valence-corrected chi connectivity index (χ2v) is 8.22. The molecule has 0 unspecified atom stereocenters. The molecule has 1 atom stereocenters. The SMILES string of the molecule is CC(C)C[C@H](COCc1ccccc1)NC1=N/C(=C\c2ccc3nccnc3c2)C(=O)N1. The third-order valence-electron chi connectivity index (χ3n) is 5.02. The van der Waals surface area contributed by atoms with Crippen molar-refractivity contribution in [2.75, 3.05) is 6.61 Å². The second-order valence-electron chi connectivity index (χ2n) is 8.22. The number of ether oxygens (including phenoxy) is 1. The van der Waals surface area contributed by atoms with Crippen LogP contribution in [0.4, 0.5) is 0 Å². The first-order chi connectivity index (χ1) is 15.6. The van der Waals surface area contributed by atoms with Crippen molar-refractivity contribution in [2.45, 2.75) is 32.9 Å². The van der Waals surface area contributed by atoms with Crippen LogP contribution in [-0.2, 0) is 16.1 Å². The van der Waals surface area contributed by atoms with Gasteiger partial charge in [-0.05, 0) is 41.7 Å². The van der Waals surface area contributed by atoms with Crippen LogP contribution in [0.2, 0.25) is 0 Å². The molecule has 0 saturated carbocycles. The van der Waals surface area contributed by atoms with Crippen LogP contribution in [0.15, 0.2) is 71.6 Å². The Bertz CT molecular complexity index is 1140. The summed E-state index contributed by atoms with van der Waals surface area (Å²) in [5, 5.41) is 6.16. The van der Waals surface area contributed by atoms with Crippen LogP contribution in [0.3, 0.4) is 0 Å². The Kier molecular flexibility index (Phi) is 6.87. The van der Waals surface area contributed by atoms with Crippen LogP contribution < -0.4 is 10.6 Å². The molecule has 1 aromatic heterocycles. The summed E-state index contributed by atoms with van der Waals surface area (Å²) in [7, 11) is 0. The molecule has 32 heavy (non-hydrogen) atoms. The van der Waals surface area contributed by atoms with E-state index < -0.39 is 0 Å². The number of fused-ring (bicyclic) bond motifs is 1. The van der Waals surface area contributed by atoms with Crippen LogP contribution in [0.5, 0.6) is 0 Å². The van der Waals surface area contributed by atoms with E-state index in [0.717, 1.165) is 28.6 Å². The van der Waals surface area contributed by atoms with E-state index in [1.54, 1.807) is 18.5 Å². The van der Waals surface area contributed by atoms with Crippen molar-refractivity contribution < 1.29 is 9.53 Å².